The molecule has 1 aromatic heterocycles. The van der Waals surface area contributed by atoms with Crippen LogP contribution < -0.4 is 10.5 Å². The second-order valence-electron chi connectivity index (χ2n) is 7.62. The molecule has 30 heavy (non-hydrogen) atoms. The second kappa shape index (κ2) is 8.60. The predicted molar refractivity (Wildman–Crippen MR) is 106 cm³/mol. The number of halogens is 5. The fourth-order valence-electron chi connectivity index (χ4n) is 2.69. The van der Waals surface area contributed by atoms with E-state index in [1.54, 1.807) is 20.8 Å². The highest BCUT2D eigenvalue weighted by atomic mass is 35.5. The number of hydrogen-bond donors (Lipinski definition) is 2. The normalized spacial score (nSPS) is 15.5. The number of carbonyl (C=O) groups is 1. The number of carbonyl (C=O) groups excluding carboxylic acids is 1. The van der Waals surface area contributed by atoms with Gasteiger partial charge in [0.2, 0.25) is 5.91 Å². The number of aromatic nitrogens is 1. The lowest BCUT2D eigenvalue weighted by Gasteiger charge is -2.36. The van der Waals surface area contributed by atoms with Crippen LogP contribution in [0, 0.1) is 5.82 Å². The van der Waals surface area contributed by atoms with Crippen LogP contribution in [0.4, 0.5) is 17.6 Å². The van der Waals surface area contributed by atoms with Gasteiger partial charge in [-0.25, -0.2) is 13.3 Å². The maximum absolute atomic E-state index is 14.2. The number of pyridine rings is 1. The fourth-order valence-corrected chi connectivity index (χ4v) is 3.72. The lowest BCUT2D eigenvalue weighted by Crippen LogP contribution is -2.51. The van der Waals surface area contributed by atoms with E-state index >= 15 is 0 Å². The van der Waals surface area contributed by atoms with Gasteiger partial charge < -0.3 is 5.73 Å². The minimum absolute atomic E-state index is 0.00187. The number of alkyl halides is 3. The van der Waals surface area contributed by atoms with Crippen molar-refractivity contribution in [1.82, 2.24) is 9.71 Å². The average molecular weight is 466 g/mol. The van der Waals surface area contributed by atoms with E-state index in [4.69, 9.17) is 17.3 Å². The van der Waals surface area contributed by atoms with E-state index < -0.39 is 51.2 Å². The van der Waals surface area contributed by atoms with E-state index in [9.17, 15) is 26.6 Å². The highest BCUT2D eigenvalue weighted by Gasteiger charge is 2.43. The molecule has 164 valence electrons. The quantitative estimate of drug-likeness (QED) is 0.631. The van der Waals surface area contributed by atoms with Crippen molar-refractivity contribution in [2.45, 2.75) is 43.7 Å². The number of benzene rings is 1. The molecular formula is C19H20ClF4N3O2S. The summed E-state index contributed by atoms with van der Waals surface area (Å²) < 4.78 is 68.9. The van der Waals surface area contributed by atoms with Gasteiger partial charge in [0.15, 0.2) is 0 Å². The molecule has 2 rings (SSSR count). The highest BCUT2D eigenvalue weighted by molar-refractivity contribution is 7.84. The lowest BCUT2D eigenvalue weighted by atomic mass is 9.83. The van der Waals surface area contributed by atoms with Gasteiger partial charge >= 0.3 is 6.18 Å². The average Bonchev–Trinajstić information content (AvgIpc) is 2.59. The molecule has 0 bridgehead atoms. The first-order valence-electron chi connectivity index (χ1n) is 8.63. The molecule has 11 heteroatoms. The number of nitrogens with two attached hydrogens (primary N) is 1. The molecule has 0 aliphatic rings. The molecule has 3 N–H and O–H groups in total. The molecule has 0 radical (unpaired) electrons. The summed E-state index contributed by atoms with van der Waals surface area (Å²) in [5, 5.41) is 0.221. The molecule has 0 spiro atoms. The van der Waals surface area contributed by atoms with E-state index in [0.717, 1.165) is 6.07 Å². The Morgan fingerprint density at radius 3 is 2.23 bits per heavy atom. The van der Waals surface area contributed by atoms with Crippen LogP contribution in [-0.2, 0) is 27.5 Å². The summed E-state index contributed by atoms with van der Waals surface area (Å²) in [6, 6.07) is 4.56. The molecule has 2 atom stereocenters. The van der Waals surface area contributed by atoms with E-state index in [0.29, 0.717) is 12.1 Å². The molecule has 0 saturated carbocycles. The van der Waals surface area contributed by atoms with Gasteiger partial charge in [-0.15, -0.1) is 0 Å². The SMILES string of the molecule is CC(C)(C)[S@@](=O)N[C@@](CC(N)=O)(c1cc(F)cc(C(F)(F)F)c1)c1ccc(Cl)cn1. The third kappa shape index (κ3) is 5.55. The zero-order chi connectivity index (χ0) is 22.9. The zero-order valence-corrected chi connectivity index (χ0v) is 17.9. The van der Waals surface area contributed by atoms with Crippen molar-refractivity contribution in [1.29, 1.82) is 0 Å². The third-order valence-corrected chi connectivity index (χ3v) is 6.01. The number of hydrogen-bond acceptors (Lipinski definition) is 3. The van der Waals surface area contributed by atoms with Gasteiger partial charge in [-0.2, -0.15) is 13.2 Å². The summed E-state index contributed by atoms with van der Waals surface area (Å²) >= 11 is 5.86. The standard InChI is InChI=1S/C19H20ClF4N3O2S/c1-17(2,3)30(29)27-18(9-16(25)28,15-5-4-13(20)10-26-15)11-6-12(19(22,23)24)8-14(21)7-11/h4-8,10,27H,9H2,1-3H3,(H2,25,28)/t18-,30+/m0/s1. The van der Waals surface area contributed by atoms with Crippen LogP contribution in [0.3, 0.4) is 0 Å². The number of rotatable bonds is 6. The topological polar surface area (TPSA) is 85.1 Å². The van der Waals surface area contributed by atoms with E-state index in [-0.39, 0.29) is 16.3 Å². The second-order valence-corrected chi connectivity index (χ2v) is 10.0. The Morgan fingerprint density at radius 1 is 1.17 bits per heavy atom. The first kappa shape index (κ1) is 24.2. The summed E-state index contributed by atoms with van der Waals surface area (Å²) in [5.41, 5.74) is 1.90. The Labute approximate surface area is 178 Å². The van der Waals surface area contributed by atoms with E-state index in [1.165, 1.54) is 18.3 Å². The van der Waals surface area contributed by atoms with Crippen LogP contribution in [0.15, 0.2) is 36.5 Å². The van der Waals surface area contributed by atoms with Gasteiger partial charge in [0, 0.05) is 6.20 Å². The first-order valence-corrected chi connectivity index (χ1v) is 10.2. The van der Waals surface area contributed by atoms with E-state index in [2.05, 4.69) is 9.71 Å². The van der Waals surface area contributed by atoms with Crippen molar-refractivity contribution in [2.75, 3.05) is 0 Å². The largest absolute Gasteiger partial charge is 0.416 e. The summed E-state index contributed by atoms with van der Waals surface area (Å²) in [5.74, 6) is -2.12. The van der Waals surface area contributed by atoms with Crippen LogP contribution in [0.2, 0.25) is 5.02 Å². The minimum Gasteiger partial charge on any atom is -0.370 e. The Morgan fingerprint density at radius 2 is 1.77 bits per heavy atom. The summed E-state index contributed by atoms with van der Waals surface area (Å²) in [6.45, 7) is 4.85. The number of amides is 1. The van der Waals surface area contributed by atoms with Gasteiger partial charge in [-0.1, -0.05) is 11.6 Å². The molecule has 0 aliphatic heterocycles. The van der Waals surface area contributed by atoms with Gasteiger partial charge in [0.1, 0.15) is 11.4 Å². The molecule has 5 nitrogen and oxygen atoms in total. The van der Waals surface area contributed by atoms with Crippen molar-refractivity contribution in [3.05, 3.63) is 64.2 Å². The van der Waals surface area contributed by atoms with Crippen molar-refractivity contribution < 1.29 is 26.6 Å². The minimum atomic E-state index is -4.86. The summed E-state index contributed by atoms with van der Waals surface area (Å²) in [4.78, 5) is 16.0. The highest BCUT2D eigenvalue weighted by Crippen LogP contribution is 2.38. The van der Waals surface area contributed by atoms with Gasteiger partial charge in [0.25, 0.3) is 0 Å². The number of nitrogens with zero attached hydrogens (tertiary/aromatic N) is 1. The third-order valence-electron chi connectivity index (χ3n) is 4.15. The number of nitrogens with one attached hydrogen (secondary N) is 1. The number of primary amides is 1. The molecule has 2 aromatic rings. The predicted octanol–water partition coefficient (Wildman–Crippen LogP) is 4.06. The molecule has 0 saturated heterocycles. The van der Waals surface area contributed by atoms with Gasteiger partial charge in [0.05, 0.1) is 38.4 Å². The van der Waals surface area contributed by atoms with Crippen LogP contribution in [0.5, 0.6) is 0 Å². The summed E-state index contributed by atoms with van der Waals surface area (Å²) in [6.07, 6.45) is -4.28. The van der Waals surface area contributed by atoms with Crippen LogP contribution in [-0.4, -0.2) is 19.8 Å². The van der Waals surface area contributed by atoms with Gasteiger partial charge in [-0.3, -0.25) is 9.78 Å². The Hall–Kier alpha value is -2.04. The van der Waals surface area contributed by atoms with Crippen molar-refractivity contribution >= 4 is 28.5 Å². The maximum atomic E-state index is 14.2. The molecule has 1 heterocycles. The van der Waals surface area contributed by atoms with Crippen molar-refractivity contribution in [3.63, 3.8) is 0 Å². The van der Waals surface area contributed by atoms with Gasteiger partial charge in [-0.05, 0) is 56.7 Å². The molecule has 1 aromatic carbocycles. The van der Waals surface area contributed by atoms with Crippen LogP contribution in [0.1, 0.15) is 44.0 Å². The lowest BCUT2D eigenvalue weighted by molar-refractivity contribution is -0.137. The molecule has 0 aliphatic carbocycles. The van der Waals surface area contributed by atoms with Crippen molar-refractivity contribution in [3.8, 4) is 0 Å². The first-order chi connectivity index (χ1) is 13.6. The van der Waals surface area contributed by atoms with Crippen LogP contribution in [0.25, 0.3) is 0 Å². The smallest absolute Gasteiger partial charge is 0.370 e. The molecular weight excluding hydrogens is 446 g/mol. The maximum Gasteiger partial charge on any atom is 0.416 e. The molecule has 0 unspecified atom stereocenters. The zero-order valence-electron chi connectivity index (χ0n) is 16.3. The molecule has 0 fully saturated rings. The monoisotopic (exact) mass is 465 g/mol. The Balaban J connectivity index is 2.86. The Bertz CT molecular complexity index is 962. The Kier molecular flexibility index (Phi) is 6.95. The molecule has 1 amide bonds. The van der Waals surface area contributed by atoms with Crippen molar-refractivity contribution in [2.24, 2.45) is 5.73 Å². The fraction of sp³-hybridized carbons (Fsp3) is 0.368. The van der Waals surface area contributed by atoms with Crippen LogP contribution >= 0.6 is 11.6 Å². The van der Waals surface area contributed by atoms with E-state index in [1.807, 2.05) is 0 Å². The summed E-state index contributed by atoms with van der Waals surface area (Å²) in [7, 11) is -1.90.